The highest BCUT2D eigenvalue weighted by Gasteiger charge is 2.04. The Morgan fingerprint density at radius 2 is 1.90 bits per heavy atom. The molecule has 6 heteroatoms. The van der Waals surface area contributed by atoms with Crippen molar-refractivity contribution in [2.75, 3.05) is 12.4 Å². The molecule has 0 atom stereocenters. The van der Waals surface area contributed by atoms with E-state index in [4.69, 9.17) is 9.47 Å². The summed E-state index contributed by atoms with van der Waals surface area (Å²) < 4.78 is 10.7. The summed E-state index contributed by atoms with van der Waals surface area (Å²) in [7, 11) is 1.61. The smallest absolute Gasteiger partial charge is 0.252 e. The molecular formula is C15H19N3O3. The van der Waals surface area contributed by atoms with Crippen LogP contribution in [0.25, 0.3) is 0 Å². The third-order valence-corrected chi connectivity index (χ3v) is 2.67. The van der Waals surface area contributed by atoms with E-state index >= 15 is 0 Å². The fraction of sp³-hybridized carbons (Fsp3) is 0.333. The summed E-state index contributed by atoms with van der Waals surface area (Å²) in [6.45, 7) is 4.17. The number of H-pyrrole nitrogens is 1. The van der Waals surface area contributed by atoms with Crippen LogP contribution in [0.4, 0.5) is 5.95 Å². The quantitative estimate of drug-likeness (QED) is 0.852. The summed E-state index contributed by atoms with van der Waals surface area (Å²) in [4.78, 5) is 18.5. The topological polar surface area (TPSA) is 76.2 Å². The number of aromatic amines is 1. The molecule has 6 nitrogen and oxygen atoms in total. The number of aromatic nitrogens is 2. The molecule has 0 saturated carbocycles. The predicted molar refractivity (Wildman–Crippen MR) is 80.9 cm³/mol. The Labute approximate surface area is 123 Å². The molecule has 0 saturated heterocycles. The molecule has 1 aromatic carbocycles. The molecule has 0 radical (unpaired) electrons. The van der Waals surface area contributed by atoms with E-state index in [9.17, 15) is 4.79 Å². The summed E-state index contributed by atoms with van der Waals surface area (Å²) in [6.07, 6.45) is 0. The number of methoxy groups -OCH3 is 1. The highest BCUT2D eigenvalue weighted by molar-refractivity contribution is 5.31. The van der Waals surface area contributed by atoms with E-state index < -0.39 is 0 Å². The van der Waals surface area contributed by atoms with Crippen molar-refractivity contribution < 1.29 is 9.47 Å². The van der Waals surface area contributed by atoms with Crippen LogP contribution in [0.2, 0.25) is 0 Å². The minimum absolute atomic E-state index is 0.186. The Kier molecular flexibility index (Phi) is 4.81. The van der Waals surface area contributed by atoms with E-state index in [0.717, 1.165) is 5.75 Å². The summed E-state index contributed by atoms with van der Waals surface area (Å²) in [6, 6.07) is 8.84. The molecule has 0 fully saturated rings. The average Bonchev–Trinajstić information content (AvgIpc) is 2.44. The second-order valence-corrected chi connectivity index (χ2v) is 4.85. The van der Waals surface area contributed by atoms with Gasteiger partial charge in [-0.3, -0.25) is 9.78 Å². The van der Waals surface area contributed by atoms with Gasteiger partial charge in [-0.25, -0.2) is 4.98 Å². The van der Waals surface area contributed by atoms with Crippen molar-refractivity contribution in [3.05, 3.63) is 46.4 Å². The zero-order chi connectivity index (χ0) is 15.2. The van der Waals surface area contributed by atoms with Gasteiger partial charge in [0.25, 0.3) is 5.56 Å². The third-order valence-electron chi connectivity index (χ3n) is 2.67. The van der Waals surface area contributed by atoms with Crippen molar-refractivity contribution in [3.8, 4) is 11.5 Å². The van der Waals surface area contributed by atoms with Gasteiger partial charge in [0.1, 0.15) is 18.1 Å². The molecule has 0 amide bonds. The van der Waals surface area contributed by atoms with Gasteiger partial charge in [-0.15, -0.1) is 0 Å². The van der Waals surface area contributed by atoms with Gasteiger partial charge in [-0.1, -0.05) is 0 Å². The van der Waals surface area contributed by atoms with Gasteiger partial charge >= 0.3 is 0 Å². The Bertz CT molecular complexity index is 635. The molecule has 0 bridgehead atoms. The van der Waals surface area contributed by atoms with Gasteiger partial charge in [-0.2, -0.15) is 0 Å². The lowest BCUT2D eigenvalue weighted by molar-refractivity contribution is 0.300. The fourth-order valence-electron chi connectivity index (χ4n) is 1.75. The first kappa shape index (κ1) is 14.9. The molecule has 2 N–H and O–H groups in total. The van der Waals surface area contributed by atoms with Crippen LogP contribution in [0, 0.1) is 0 Å². The average molecular weight is 289 g/mol. The first-order valence-electron chi connectivity index (χ1n) is 6.70. The maximum Gasteiger partial charge on any atom is 0.252 e. The molecule has 2 rings (SSSR count). The van der Waals surface area contributed by atoms with Crippen LogP contribution < -0.4 is 20.3 Å². The van der Waals surface area contributed by atoms with E-state index in [1.54, 1.807) is 19.2 Å². The molecule has 1 aromatic heterocycles. The molecular weight excluding hydrogens is 270 g/mol. The van der Waals surface area contributed by atoms with Gasteiger partial charge < -0.3 is 14.8 Å². The van der Waals surface area contributed by atoms with Crippen LogP contribution in [0.15, 0.2) is 35.1 Å². The van der Waals surface area contributed by atoms with Crippen molar-refractivity contribution in [3.63, 3.8) is 0 Å². The summed E-state index contributed by atoms with van der Waals surface area (Å²) in [5.74, 6) is 1.90. The number of nitrogens with one attached hydrogen (secondary N) is 2. The Morgan fingerprint density at radius 1 is 1.24 bits per heavy atom. The van der Waals surface area contributed by atoms with Gasteiger partial charge in [0.15, 0.2) is 0 Å². The van der Waals surface area contributed by atoms with Crippen LogP contribution in [0.3, 0.4) is 0 Å². The first-order valence-corrected chi connectivity index (χ1v) is 6.70. The standard InChI is InChI=1S/C15H19N3O3/c1-10(2)16-15-17-11(8-14(19)18-15)9-21-13-6-4-12(20-3)5-7-13/h4-8,10H,9H2,1-3H3,(H2,16,17,18,19). The number of hydrogen-bond acceptors (Lipinski definition) is 5. The SMILES string of the molecule is COc1ccc(OCc2cc(=O)[nH]c(NC(C)C)n2)cc1. The Hall–Kier alpha value is -2.50. The summed E-state index contributed by atoms with van der Waals surface area (Å²) in [5, 5.41) is 3.06. The zero-order valence-electron chi connectivity index (χ0n) is 12.3. The van der Waals surface area contributed by atoms with Crippen molar-refractivity contribution >= 4 is 5.95 Å². The van der Waals surface area contributed by atoms with E-state index in [1.165, 1.54) is 6.07 Å². The fourth-order valence-corrected chi connectivity index (χ4v) is 1.75. The van der Waals surface area contributed by atoms with E-state index in [-0.39, 0.29) is 18.2 Å². The maximum absolute atomic E-state index is 11.6. The first-order chi connectivity index (χ1) is 10.1. The summed E-state index contributed by atoms with van der Waals surface area (Å²) >= 11 is 0. The molecule has 0 aliphatic carbocycles. The van der Waals surface area contributed by atoms with Crippen molar-refractivity contribution in [2.45, 2.75) is 26.5 Å². The van der Waals surface area contributed by atoms with Gasteiger partial charge in [0.2, 0.25) is 5.95 Å². The molecule has 0 aliphatic rings. The van der Waals surface area contributed by atoms with Crippen LogP contribution in [0.5, 0.6) is 11.5 Å². The van der Waals surface area contributed by atoms with Crippen LogP contribution in [0.1, 0.15) is 19.5 Å². The largest absolute Gasteiger partial charge is 0.497 e. The number of nitrogens with zero attached hydrogens (tertiary/aromatic N) is 1. The monoisotopic (exact) mass is 289 g/mol. The predicted octanol–water partition coefficient (Wildman–Crippen LogP) is 2.18. The van der Waals surface area contributed by atoms with Crippen molar-refractivity contribution in [1.29, 1.82) is 0 Å². The number of ether oxygens (including phenoxy) is 2. The summed E-state index contributed by atoms with van der Waals surface area (Å²) in [5.41, 5.74) is 0.360. The van der Waals surface area contributed by atoms with E-state index in [2.05, 4.69) is 15.3 Å². The van der Waals surface area contributed by atoms with Crippen LogP contribution >= 0.6 is 0 Å². The Morgan fingerprint density at radius 3 is 2.52 bits per heavy atom. The number of anilines is 1. The Balaban J connectivity index is 2.04. The van der Waals surface area contributed by atoms with Crippen LogP contribution in [-0.4, -0.2) is 23.1 Å². The number of benzene rings is 1. The maximum atomic E-state index is 11.6. The lowest BCUT2D eigenvalue weighted by Gasteiger charge is -2.10. The molecule has 1 heterocycles. The number of hydrogen-bond donors (Lipinski definition) is 2. The van der Waals surface area contributed by atoms with Gasteiger partial charge in [0.05, 0.1) is 12.8 Å². The minimum Gasteiger partial charge on any atom is -0.497 e. The number of rotatable bonds is 6. The lowest BCUT2D eigenvalue weighted by atomic mass is 10.3. The van der Waals surface area contributed by atoms with Gasteiger partial charge in [0, 0.05) is 12.1 Å². The second-order valence-electron chi connectivity index (χ2n) is 4.85. The van der Waals surface area contributed by atoms with E-state index in [0.29, 0.717) is 17.4 Å². The molecule has 0 aliphatic heterocycles. The highest BCUT2D eigenvalue weighted by Crippen LogP contribution is 2.17. The molecule has 112 valence electrons. The van der Waals surface area contributed by atoms with E-state index in [1.807, 2.05) is 26.0 Å². The molecule has 2 aromatic rings. The minimum atomic E-state index is -0.207. The normalized spacial score (nSPS) is 10.5. The molecule has 0 unspecified atom stereocenters. The third kappa shape index (κ3) is 4.52. The van der Waals surface area contributed by atoms with Crippen molar-refractivity contribution in [1.82, 2.24) is 9.97 Å². The zero-order valence-corrected chi connectivity index (χ0v) is 12.3. The lowest BCUT2D eigenvalue weighted by Crippen LogP contribution is -2.18. The molecule has 0 spiro atoms. The van der Waals surface area contributed by atoms with Crippen molar-refractivity contribution in [2.24, 2.45) is 0 Å². The van der Waals surface area contributed by atoms with Gasteiger partial charge in [-0.05, 0) is 38.1 Å². The highest BCUT2D eigenvalue weighted by atomic mass is 16.5. The van der Waals surface area contributed by atoms with Crippen LogP contribution in [-0.2, 0) is 6.61 Å². The molecule has 21 heavy (non-hydrogen) atoms. The second kappa shape index (κ2) is 6.78.